The molecule has 1 fully saturated rings. The highest BCUT2D eigenvalue weighted by molar-refractivity contribution is 7.92. The molecule has 1 aliphatic rings. The van der Waals surface area contributed by atoms with Crippen LogP contribution >= 0.6 is 0 Å². The molecule has 2 atom stereocenters. The Morgan fingerprint density at radius 2 is 1.86 bits per heavy atom. The summed E-state index contributed by atoms with van der Waals surface area (Å²) in [5.41, 5.74) is 0.401. The quantitative estimate of drug-likeness (QED) is 0.549. The van der Waals surface area contributed by atoms with Gasteiger partial charge >= 0.3 is 0 Å². The molecule has 0 aliphatic heterocycles. The van der Waals surface area contributed by atoms with Gasteiger partial charge in [0.25, 0.3) is 21.6 Å². The molecule has 29 heavy (non-hydrogen) atoms. The van der Waals surface area contributed by atoms with Crippen molar-refractivity contribution < 1.29 is 18.1 Å². The van der Waals surface area contributed by atoms with Crippen molar-refractivity contribution in [2.75, 3.05) is 4.72 Å². The van der Waals surface area contributed by atoms with Crippen molar-refractivity contribution in [2.24, 2.45) is 5.92 Å². The summed E-state index contributed by atoms with van der Waals surface area (Å²) in [6.07, 6.45) is 4.22. The lowest BCUT2D eigenvalue weighted by atomic mass is 9.87. The highest BCUT2D eigenvalue weighted by Crippen LogP contribution is 2.24. The lowest BCUT2D eigenvalue weighted by Gasteiger charge is -2.27. The highest BCUT2D eigenvalue weighted by atomic mass is 32.2. The van der Waals surface area contributed by atoms with E-state index in [1.165, 1.54) is 36.8 Å². The van der Waals surface area contributed by atoms with Gasteiger partial charge in [-0.2, -0.15) is 0 Å². The van der Waals surface area contributed by atoms with Gasteiger partial charge in [0.05, 0.1) is 9.82 Å². The summed E-state index contributed by atoms with van der Waals surface area (Å²) in [7, 11) is -3.99. The van der Waals surface area contributed by atoms with E-state index in [1.54, 1.807) is 12.1 Å². The number of nitrogens with zero attached hydrogens (tertiary/aromatic N) is 1. The van der Waals surface area contributed by atoms with Crippen LogP contribution in [0, 0.1) is 16.0 Å². The average molecular weight is 417 g/mol. The number of hydrogen-bond donors (Lipinski definition) is 2. The molecular formula is C20H23N3O5S. The molecule has 0 aromatic heterocycles. The number of nitro benzene ring substituents is 1. The van der Waals surface area contributed by atoms with Gasteiger partial charge in [0.2, 0.25) is 0 Å². The van der Waals surface area contributed by atoms with E-state index in [0.29, 0.717) is 11.5 Å². The van der Waals surface area contributed by atoms with Gasteiger partial charge in [0.15, 0.2) is 0 Å². The molecule has 1 amide bonds. The van der Waals surface area contributed by atoms with E-state index >= 15 is 0 Å². The number of anilines is 1. The van der Waals surface area contributed by atoms with Crippen molar-refractivity contribution in [1.82, 2.24) is 5.32 Å². The Bertz CT molecular complexity index is 1010. The van der Waals surface area contributed by atoms with Gasteiger partial charge in [-0.1, -0.05) is 25.8 Å². The van der Waals surface area contributed by atoms with Crippen molar-refractivity contribution >= 4 is 27.3 Å². The Morgan fingerprint density at radius 1 is 1.14 bits per heavy atom. The first-order valence-corrected chi connectivity index (χ1v) is 10.9. The Balaban J connectivity index is 1.67. The van der Waals surface area contributed by atoms with Crippen LogP contribution in [0.3, 0.4) is 0 Å². The zero-order valence-electron chi connectivity index (χ0n) is 16.0. The third kappa shape index (κ3) is 5.32. The minimum Gasteiger partial charge on any atom is -0.349 e. The van der Waals surface area contributed by atoms with Gasteiger partial charge in [-0.25, -0.2) is 8.42 Å². The van der Waals surface area contributed by atoms with Crippen LogP contribution in [0.2, 0.25) is 0 Å². The number of amides is 1. The maximum Gasteiger partial charge on any atom is 0.270 e. The van der Waals surface area contributed by atoms with E-state index in [2.05, 4.69) is 17.0 Å². The first-order chi connectivity index (χ1) is 13.7. The van der Waals surface area contributed by atoms with Crippen LogP contribution in [0.4, 0.5) is 11.4 Å². The van der Waals surface area contributed by atoms with Crippen molar-refractivity contribution in [1.29, 1.82) is 0 Å². The maximum absolute atomic E-state index is 12.5. The molecule has 2 N–H and O–H groups in total. The molecule has 0 bridgehead atoms. The number of non-ortho nitro benzene ring substituents is 1. The summed E-state index contributed by atoms with van der Waals surface area (Å²) in [5, 5.41) is 13.9. The molecule has 0 radical (unpaired) electrons. The number of hydrogen-bond acceptors (Lipinski definition) is 5. The molecule has 0 heterocycles. The number of nitrogens with one attached hydrogen (secondary N) is 2. The Hall–Kier alpha value is -2.94. The van der Waals surface area contributed by atoms with Crippen molar-refractivity contribution in [3.63, 3.8) is 0 Å². The number of benzene rings is 2. The molecule has 154 valence electrons. The van der Waals surface area contributed by atoms with Crippen molar-refractivity contribution in [3.8, 4) is 0 Å². The molecule has 2 aromatic carbocycles. The molecule has 1 saturated carbocycles. The monoisotopic (exact) mass is 417 g/mol. The first kappa shape index (κ1) is 20.8. The van der Waals surface area contributed by atoms with Crippen LogP contribution in [-0.2, 0) is 10.0 Å². The summed E-state index contributed by atoms with van der Waals surface area (Å²) in [6.45, 7) is 2.18. The number of sulfonamides is 1. The summed E-state index contributed by atoms with van der Waals surface area (Å²) >= 11 is 0. The second-order valence-corrected chi connectivity index (χ2v) is 9.06. The Labute approximate surface area is 169 Å². The van der Waals surface area contributed by atoms with Gasteiger partial charge < -0.3 is 5.32 Å². The van der Waals surface area contributed by atoms with E-state index in [9.17, 15) is 23.3 Å². The molecule has 2 unspecified atom stereocenters. The third-order valence-corrected chi connectivity index (χ3v) is 6.39. The summed E-state index contributed by atoms with van der Waals surface area (Å²) in [6, 6.07) is 11.1. The summed E-state index contributed by atoms with van der Waals surface area (Å²) < 4.78 is 27.3. The SMILES string of the molecule is CC1CCCC(NC(=O)c2ccc(NS(=O)(=O)c3cccc([N+](=O)[O-])c3)cc2)C1. The highest BCUT2D eigenvalue weighted by Gasteiger charge is 2.21. The van der Waals surface area contributed by atoms with Crippen LogP contribution in [0.5, 0.6) is 0 Å². The van der Waals surface area contributed by atoms with Gasteiger partial charge in [0.1, 0.15) is 0 Å². The fourth-order valence-corrected chi connectivity index (χ4v) is 4.60. The molecular weight excluding hydrogens is 394 g/mol. The van der Waals surface area contributed by atoms with Crippen molar-refractivity contribution in [3.05, 3.63) is 64.2 Å². The molecule has 2 aromatic rings. The van der Waals surface area contributed by atoms with E-state index in [1.807, 2.05) is 0 Å². The molecule has 0 saturated heterocycles. The standard InChI is InChI=1S/C20H23N3O5S/c1-14-4-2-5-17(12-14)21-20(24)15-8-10-16(11-9-15)22-29(27,28)19-7-3-6-18(13-19)23(25)26/h3,6-11,13-14,17,22H,2,4-5,12H2,1H3,(H,21,24). The zero-order valence-corrected chi connectivity index (χ0v) is 16.8. The molecule has 1 aliphatic carbocycles. The minimum atomic E-state index is -3.99. The Kier molecular flexibility index (Phi) is 6.17. The summed E-state index contributed by atoms with van der Waals surface area (Å²) in [4.78, 5) is 22.4. The maximum atomic E-state index is 12.5. The zero-order chi connectivity index (χ0) is 21.0. The lowest BCUT2D eigenvalue weighted by Crippen LogP contribution is -2.37. The van der Waals surface area contributed by atoms with Crippen LogP contribution in [0.15, 0.2) is 53.4 Å². The fraction of sp³-hybridized carbons (Fsp3) is 0.350. The van der Waals surface area contributed by atoms with E-state index in [-0.39, 0.29) is 28.2 Å². The van der Waals surface area contributed by atoms with Gasteiger partial charge in [-0.15, -0.1) is 0 Å². The van der Waals surface area contributed by atoms with E-state index in [0.717, 1.165) is 25.3 Å². The fourth-order valence-electron chi connectivity index (χ4n) is 3.50. The third-order valence-electron chi connectivity index (χ3n) is 5.01. The van der Waals surface area contributed by atoms with E-state index in [4.69, 9.17) is 0 Å². The lowest BCUT2D eigenvalue weighted by molar-refractivity contribution is -0.385. The smallest absolute Gasteiger partial charge is 0.270 e. The molecule has 0 spiro atoms. The molecule has 8 nitrogen and oxygen atoms in total. The normalized spacial score (nSPS) is 19.3. The number of rotatable bonds is 6. The summed E-state index contributed by atoms with van der Waals surface area (Å²) in [5.74, 6) is 0.414. The second-order valence-electron chi connectivity index (χ2n) is 7.38. The minimum absolute atomic E-state index is 0.165. The number of carbonyl (C=O) groups excluding carboxylic acids is 1. The van der Waals surface area contributed by atoms with Crippen molar-refractivity contribution in [2.45, 2.75) is 43.5 Å². The predicted molar refractivity (Wildman–Crippen MR) is 109 cm³/mol. The van der Waals surface area contributed by atoms with Gasteiger partial charge in [-0.05, 0) is 49.1 Å². The first-order valence-electron chi connectivity index (χ1n) is 9.43. The topological polar surface area (TPSA) is 118 Å². The predicted octanol–water partition coefficient (Wildman–Crippen LogP) is 3.70. The second kappa shape index (κ2) is 8.60. The molecule has 9 heteroatoms. The largest absolute Gasteiger partial charge is 0.349 e. The van der Waals surface area contributed by atoms with Crippen LogP contribution in [0.1, 0.15) is 43.0 Å². The van der Waals surface area contributed by atoms with Crippen LogP contribution in [0.25, 0.3) is 0 Å². The number of carbonyl (C=O) groups is 1. The average Bonchev–Trinajstić information content (AvgIpc) is 2.68. The molecule has 3 rings (SSSR count). The van der Waals surface area contributed by atoms with Crippen LogP contribution in [-0.4, -0.2) is 25.3 Å². The van der Waals surface area contributed by atoms with Gasteiger partial charge in [-0.3, -0.25) is 19.6 Å². The van der Waals surface area contributed by atoms with Crippen LogP contribution < -0.4 is 10.0 Å². The number of nitro groups is 1. The van der Waals surface area contributed by atoms with Gasteiger partial charge in [0, 0.05) is 29.4 Å². The Morgan fingerprint density at radius 3 is 2.52 bits per heavy atom. The van der Waals surface area contributed by atoms with E-state index < -0.39 is 14.9 Å².